The molecule has 0 aliphatic carbocycles. The van der Waals surface area contributed by atoms with Crippen molar-refractivity contribution in [1.82, 2.24) is 19.9 Å². The molecule has 0 amide bonds. The third-order valence-electron chi connectivity index (χ3n) is 7.17. The van der Waals surface area contributed by atoms with Crippen molar-refractivity contribution in [2.75, 3.05) is 60.1 Å². The molecule has 35 heavy (non-hydrogen) atoms. The number of thioether (sulfide) groups is 1. The Bertz CT molecular complexity index is 1120. The van der Waals surface area contributed by atoms with Gasteiger partial charge in [0.05, 0.1) is 10.6 Å². The second kappa shape index (κ2) is 10.4. The summed E-state index contributed by atoms with van der Waals surface area (Å²) in [5.41, 5.74) is 3.80. The summed E-state index contributed by atoms with van der Waals surface area (Å²) in [4.78, 5) is 23.0. The number of para-hydroxylation sites is 1. The molecule has 1 aromatic carbocycles. The van der Waals surface area contributed by atoms with Crippen molar-refractivity contribution < 1.29 is 0 Å². The second-order valence-electron chi connectivity index (χ2n) is 9.64. The molecule has 0 spiro atoms. The van der Waals surface area contributed by atoms with Crippen molar-refractivity contribution in [1.29, 1.82) is 0 Å². The van der Waals surface area contributed by atoms with E-state index in [1.165, 1.54) is 34.7 Å². The number of nitrogens with zero attached hydrogens (tertiary/aromatic N) is 6. The van der Waals surface area contributed by atoms with Crippen molar-refractivity contribution in [3.8, 4) is 0 Å². The molecular formula is C27H33N7S. The van der Waals surface area contributed by atoms with Crippen LogP contribution in [0, 0.1) is 0 Å². The Morgan fingerprint density at radius 3 is 2.63 bits per heavy atom. The van der Waals surface area contributed by atoms with Crippen LogP contribution < -0.4 is 15.1 Å². The molecule has 1 atom stereocenters. The van der Waals surface area contributed by atoms with Gasteiger partial charge < -0.3 is 15.1 Å². The van der Waals surface area contributed by atoms with Gasteiger partial charge in [0, 0.05) is 75.6 Å². The summed E-state index contributed by atoms with van der Waals surface area (Å²) in [6.45, 7) is 7.01. The topological polar surface area (TPSA) is 60.4 Å². The average molecular weight is 488 g/mol. The first kappa shape index (κ1) is 22.6. The number of aromatic nitrogens is 3. The molecule has 0 radical (unpaired) electrons. The number of rotatable bonds is 6. The fraction of sp³-hybridized carbons (Fsp3) is 0.444. The Kier molecular flexibility index (Phi) is 6.73. The Labute approximate surface area is 212 Å². The fourth-order valence-electron chi connectivity index (χ4n) is 5.36. The molecule has 2 aromatic heterocycles. The summed E-state index contributed by atoms with van der Waals surface area (Å²) in [7, 11) is 0. The van der Waals surface area contributed by atoms with Gasteiger partial charge in [0.1, 0.15) is 5.82 Å². The van der Waals surface area contributed by atoms with Crippen molar-refractivity contribution in [3.05, 3.63) is 66.1 Å². The van der Waals surface area contributed by atoms with Crippen LogP contribution in [0.2, 0.25) is 0 Å². The lowest BCUT2D eigenvalue weighted by Gasteiger charge is -2.36. The fourth-order valence-corrected chi connectivity index (χ4v) is 6.41. The Balaban J connectivity index is 1.14. The maximum absolute atomic E-state index is 5.10. The van der Waals surface area contributed by atoms with E-state index in [1.54, 1.807) is 0 Å². The van der Waals surface area contributed by atoms with Crippen molar-refractivity contribution in [2.45, 2.75) is 36.7 Å². The van der Waals surface area contributed by atoms with Gasteiger partial charge in [-0.15, -0.1) is 11.8 Å². The summed E-state index contributed by atoms with van der Waals surface area (Å²) in [6, 6.07) is 15.3. The molecule has 6 rings (SSSR count). The molecule has 0 bridgehead atoms. The summed E-state index contributed by atoms with van der Waals surface area (Å²) >= 11 is 1.90. The van der Waals surface area contributed by atoms with E-state index < -0.39 is 0 Å². The van der Waals surface area contributed by atoms with Crippen molar-refractivity contribution in [3.63, 3.8) is 0 Å². The van der Waals surface area contributed by atoms with E-state index in [2.05, 4.69) is 61.4 Å². The quantitative estimate of drug-likeness (QED) is 0.561. The lowest BCUT2D eigenvalue weighted by Crippen LogP contribution is -2.47. The van der Waals surface area contributed by atoms with Crippen LogP contribution in [0.15, 0.2) is 59.8 Å². The Morgan fingerprint density at radius 2 is 1.80 bits per heavy atom. The zero-order valence-corrected chi connectivity index (χ0v) is 21.0. The monoisotopic (exact) mass is 487 g/mol. The van der Waals surface area contributed by atoms with Crippen LogP contribution >= 0.6 is 11.8 Å². The van der Waals surface area contributed by atoms with Gasteiger partial charge in [-0.05, 0) is 43.1 Å². The van der Waals surface area contributed by atoms with E-state index >= 15 is 0 Å². The maximum Gasteiger partial charge on any atom is 0.227 e. The standard InChI is InChI=1S/C27H33N7S/c1-2-8-23(9-3-1)33-13-15-34(16-14-33)27-30-24-10-17-35-25(24)26(31-27)29-22-7-5-12-32(20-22)19-21-6-4-11-28-18-21/h1-4,6,8-9,11,18,22H,5,7,10,12-17,19-20H2,(H,29,30,31). The molecule has 0 saturated carbocycles. The minimum Gasteiger partial charge on any atom is -0.368 e. The Hall–Kier alpha value is -2.84. The Morgan fingerprint density at radius 1 is 0.943 bits per heavy atom. The number of hydrogen-bond acceptors (Lipinski definition) is 8. The number of anilines is 3. The lowest BCUT2D eigenvalue weighted by atomic mass is 10.0. The second-order valence-corrected chi connectivity index (χ2v) is 10.7. The number of aryl methyl sites for hydroxylation is 1. The first-order valence-electron chi connectivity index (χ1n) is 12.8. The van der Waals surface area contributed by atoms with E-state index in [-0.39, 0.29) is 0 Å². The predicted molar refractivity (Wildman–Crippen MR) is 143 cm³/mol. The molecule has 2 fully saturated rings. The average Bonchev–Trinajstić information content (AvgIpc) is 3.39. The van der Waals surface area contributed by atoms with E-state index in [4.69, 9.17) is 9.97 Å². The number of pyridine rings is 1. The molecule has 3 aromatic rings. The van der Waals surface area contributed by atoms with E-state index in [0.29, 0.717) is 6.04 Å². The van der Waals surface area contributed by atoms with Crippen molar-refractivity contribution in [2.24, 2.45) is 0 Å². The van der Waals surface area contributed by atoms with Gasteiger partial charge in [-0.25, -0.2) is 4.98 Å². The van der Waals surface area contributed by atoms with E-state index in [1.807, 2.05) is 30.2 Å². The first-order chi connectivity index (χ1) is 17.3. The highest BCUT2D eigenvalue weighted by Crippen LogP contribution is 2.37. The third kappa shape index (κ3) is 5.23. The molecule has 5 heterocycles. The number of hydrogen-bond donors (Lipinski definition) is 1. The summed E-state index contributed by atoms with van der Waals surface area (Å²) in [5, 5.41) is 3.84. The number of piperidine rings is 1. The van der Waals surface area contributed by atoms with Gasteiger partial charge in [0.15, 0.2) is 0 Å². The lowest BCUT2D eigenvalue weighted by molar-refractivity contribution is 0.208. The number of nitrogens with one attached hydrogen (secondary N) is 1. The van der Waals surface area contributed by atoms with Gasteiger partial charge >= 0.3 is 0 Å². The van der Waals surface area contributed by atoms with Gasteiger partial charge in [0.25, 0.3) is 0 Å². The number of fused-ring (bicyclic) bond motifs is 1. The minimum atomic E-state index is 0.406. The summed E-state index contributed by atoms with van der Waals surface area (Å²) in [6.07, 6.45) is 7.24. The van der Waals surface area contributed by atoms with E-state index in [9.17, 15) is 0 Å². The van der Waals surface area contributed by atoms with Crippen molar-refractivity contribution >= 4 is 29.2 Å². The van der Waals surface area contributed by atoms with E-state index in [0.717, 1.165) is 69.8 Å². The van der Waals surface area contributed by atoms with Gasteiger partial charge in [-0.2, -0.15) is 4.98 Å². The maximum atomic E-state index is 5.10. The van der Waals surface area contributed by atoms with Crippen LogP contribution in [0.3, 0.4) is 0 Å². The SMILES string of the molecule is c1ccc(N2CCN(c3nc4c(c(NC5CCCN(Cc6cccnc6)C5)n3)SCC4)CC2)cc1. The highest BCUT2D eigenvalue weighted by molar-refractivity contribution is 7.99. The van der Waals surface area contributed by atoms with Gasteiger partial charge in [0.2, 0.25) is 5.95 Å². The molecule has 182 valence electrons. The van der Waals surface area contributed by atoms with Gasteiger partial charge in [-0.1, -0.05) is 24.3 Å². The number of likely N-dealkylation sites (tertiary alicyclic amines) is 1. The molecule has 7 nitrogen and oxygen atoms in total. The zero-order chi connectivity index (χ0) is 23.5. The van der Waals surface area contributed by atoms with Crippen LogP contribution in [0.4, 0.5) is 17.5 Å². The smallest absolute Gasteiger partial charge is 0.227 e. The van der Waals surface area contributed by atoms with Crippen LogP contribution in [-0.4, -0.2) is 70.9 Å². The first-order valence-corrected chi connectivity index (χ1v) is 13.8. The highest BCUT2D eigenvalue weighted by atomic mass is 32.2. The number of piperazine rings is 1. The molecule has 1 N–H and O–H groups in total. The normalized spacial score (nSPS) is 20.6. The predicted octanol–water partition coefficient (Wildman–Crippen LogP) is 3.92. The van der Waals surface area contributed by atoms with Crippen LogP contribution in [0.5, 0.6) is 0 Å². The highest BCUT2D eigenvalue weighted by Gasteiger charge is 2.27. The molecule has 3 aliphatic rings. The van der Waals surface area contributed by atoms with Crippen LogP contribution in [-0.2, 0) is 13.0 Å². The minimum absolute atomic E-state index is 0.406. The van der Waals surface area contributed by atoms with Crippen LogP contribution in [0.1, 0.15) is 24.1 Å². The summed E-state index contributed by atoms with van der Waals surface area (Å²) in [5.74, 6) is 3.04. The van der Waals surface area contributed by atoms with Crippen LogP contribution in [0.25, 0.3) is 0 Å². The molecular weight excluding hydrogens is 454 g/mol. The van der Waals surface area contributed by atoms with Gasteiger partial charge in [-0.3, -0.25) is 9.88 Å². The number of benzene rings is 1. The summed E-state index contributed by atoms with van der Waals surface area (Å²) < 4.78 is 0. The molecule has 1 unspecified atom stereocenters. The third-order valence-corrected chi connectivity index (χ3v) is 8.29. The largest absolute Gasteiger partial charge is 0.368 e. The molecule has 3 aliphatic heterocycles. The zero-order valence-electron chi connectivity index (χ0n) is 20.1. The molecule has 8 heteroatoms. The molecule has 2 saturated heterocycles.